The zero-order chi connectivity index (χ0) is 19.4. The third-order valence-corrected chi connectivity index (χ3v) is 3.74. The van der Waals surface area contributed by atoms with Crippen LogP contribution in [0.1, 0.15) is 32.3 Å². The van der Waals surface area contributed by atoms with Crippen molar-refractivity contribution in [3.63, 3.8) is 0 Å². The second-order valence-corrected chi connectivity index (χ2v) is 5.80. The van der Waals surface area contributed by atoms with E-state index in [2.05, 4.69) is 5.32 Å². The van der Waals surface area contributed by atoms with E-state index in [9.17, 15) is 14.4 Å². The number of amides is 2. The van der Waals surface area contributed by atoms with Gasteiger partial charge in [-0.3, -0.25) is 14.4 Å². The van der Waals surface area contributed by atoms with Crippen LogP contribution < -0.4 is 10.1 Å². The summed E-state index contributed by atoms with van der Waals surface area (Å²) in [6.45, 7) is 4.77. The van der Waals surface area contributed by atoms with Crippen LogP contribution in [0.25, 0.3) is 0 Å². The Balaban J connectivity index is 2.62. The third-order valence-electron chi connectivity index (χ3n) is 3.74. The SMILES string of the molecule is CCOC(=O)CCN(CCCNC(C)=O)C(=O)Cc1ccc(OC)cc1. The number of hydrogen-bond acceptors (Lipinski definition) is 5. The van der Waals surface area contributed by atoms with Crippen molar-refractivity contribution in [3.8, 4) is 5.75 Å². The lowest BCUT2D eigenvalue weighted by Crippen LogP contribution is -2.36. The minimum atomic E-state index is -0.323. The molecule has 0 aromatic heterocycles. The minimum absolute atomic E-state index is 0.0673. The van der Waals surface area contributed by atoms with Crippen LogP contribution in [-0.2, 0) is 25.5 Å². The number of rotatable bonds is 11. The highest BCUT2D eigenvalue weighted by atomic mass is 16.5. The van der Waals surface area contributed by atoms with Crippen LogP contribution in [0.2, 0.25) is 0 Å². The van der Waals surface area contributed by atoms with Crippen LogP contribution in [0.15, 0.2) is 24.3 Å². The lowest BCUT2D eigenvalue weighted by Gasteiger charge is -2.22. The standard InChI is InChI=1S/C19H28N2O5/c1-4-26-19(24)10-13-21(12-5-11-20-15(2)22)18(23)14-16-6-8-17(25-3)9-7-16/h6-9H,4-5,10-14H2,1-3H3,(H,20,22). The number of carbonyl (C=O) groups excluding carboxylic acids is 3. The van der Waals surface area contributed by atoms with E-state index in [1.165, 1.54) is 6.92 Å². The molecule has 0 saturated heterocycles. The molecule has 0 spiro atoms. The van der Waals surface area contributed by atoms with Crippen molar-refractivity contribution >= 4 is 17.8 Å². The molecule has 0 atom stereocenters. The van der Waals surface area contributed by atoms with Gasteiger partial charge in [0.1, 0.15) is 5.75 Å². The molecule has 7 heteroatoms. The fourth-order valence-corrected chi connectivity index (χ4v) is 2.38. The number of nitrogens with one attached hydrogen (secondary N) is 1. The highest BCUT2D eigenvalue weighted by Gasteiger charge is 2.16. The van der Waals surface area contributed by atoms with Crippen LogP contribution in [0.4, 0.5) is 0 Å². The largest absolute Gasteiger partial charge is 0.497 e. The van der Waals surface area contributed by atoms with E-state index in [0.717, 1.165) is 11.3 Å². The summed E-state index contributed by atoms with van der Waals surface area (Å²) in [5, 5.41) is 2.70. The normalized spacial score (nSPS) is 10.1. The maximum absolute atomic E-state index is 12.6. The molecule has 144 valence electrons. The second-order valence-electron chi connectivity index (χ2n) is 5.80. The Kier molecular flexibility index (Phi) is 9.82. The molecule has 0 aliphatic rings. The van der Waals surface area contributed by atoms with E-state index in [1.54, 1.807) is 18.9 Å². The number of nitrogens with zero attached hydrogens (tertiary/aromatic N) is 1. The van der Waals surface area contributed by atoms with Gasteiger partial charge in [-0.25, -0.2) is 0 Å². The molecule has 1 aromatic rings. The van der Waals surface area contributed by atoms with E-state index >= 15 is 0 Å². The van der Waals surface area contributed by atoms with Crippen molar-refractivity contribution < 1.29 is 23.9 Å². The lowest BCUT2D eigenvalue weighted by molar-refractivity contribution is -0.144. The number of carbonyl (C=O) groups is 3. The first-order valence-electron chi connectivity index (χ1n) is 8.77. The minimum Gasteiger partial charge on any atom is -0.497 e. The molecule has 2 amide bonds. The molecule has 0 bridgehead atoms. The summed E-state index contributed by atoms with van der Waals surface area (Å²) in [6.07, 6.45) is 1.02. The Morgan fingerprint density at radius 2 is 1.81 bits per heavy atom. The Bertz CT molecular complexity index is 586. The van der Waals surface area contributed by atoms with Gasteiger partial charge in [0.05, 0.1) is 26.6 Å². The summed E-state index contributed by atoms with van der Waals surface area (Å²) in [7, 11) is 1.59. The smallest absolute Gasteiger partial charge is 0.307 e. The van der Waals surface area contributed by atoms with Crippen molar-refractivity contribution in [2.75, 3.05) is 33.4 Å². The van der Waals surface area contributed by atoms with Gasteiger partial charge in [0.15, 0.2) is 0 Å². The van der Waals surface area contributed by atoms with E-state index in [4.69, 9.17) is 9.47 Å². The number of benzene rings is 1. The van der Waals surface area contributed by atoms with Gasteiger partial charge < -0.3 is 19.7 Å². The maximum Gasteiger partial charge on any atom is 0.307 e. The highest BCUT2D eigenvalue weighted by molar-refractivity contribution is 5.79. The molecule has 1 rings (SSSR count). The third kappa shape index (κ3) is 8.50. The molecular weight excluding hydrogens is 336 g/mol. The van der Waals surface area contributed by atoms with E-state index in [0.29, 0.717) is 32.7 Å². The number of methoxy groups -OCH3 is 1. The topological polar surface area (TPSA) is 84.9 Å². The average Bonchev–Trinajstić information content (AvgIpc) is 2.61. The maximum atomic E-state index is 12.6. The van der Waals surface area contributed by atoms with Crippen LogP contribution in [-0.4, -0.2) is 56.0 Å². The molecule has 7 nitrogen and oxygen atoms in total. The number of esters is 1. The number of hydrogen-bond donors (Lipinski definition) is 1. The molecule has 26 heavy (non-hydrogen) atoms. The summed E-state index contributed by atoms with van der Waals surface area (Å²) in [5.74, 6) is 0.238. The van der Waals surface area contributed by atoms with Gasteiger partial charge in [-0.05, 0) is 31.0 Å². The molecule has 0 fully saturated rings. The van der Waals surface area contributed by atoms with Crippen LogP contribution >= 0.6 is 0 Å². The summed E-state index contributed by atoms with van der Waals surface area (Å²) in [6, 6.07) is 7.31. The van der Waals surface area contributed by atoms with Crippen molar-refractivity contribution in [1.82, 2.24) is 10.2 Å². The highest BCUT2D eigenvalue weighted by Crippen LogP contribution is 2.12. The van der Waals surface area contributed by atoms with Gasteiger partial charge in [-0.1, -0.05) is 12.1 Å². The van der Waals surface area contributed by atoms with E-state index < -0.39 is 0 Å². The van der Waals surface area contributed by atoms with Crippen LogP contribution in [0, 0.1) is 0 Å². The van der Waals surface area contributed by atoms with Crippen molar-refractivity contribution in [1.29, 1.82) is 0 Å². The van der Waals surface area contributed by atoms with Gasteiger partial charge in [-0.2, -0.15) is 0 Å². The van der Waals surface area contributed by atoms with Crippen LogP contribution in [0.5, 0.6) is 5.75 Å². The second kappa shape index (κ2) is 11.9. The van der Waals surface area contributed by atoms with Gasteiger partial charge in [0.25, 0.3) is 0 Å². The van der Waals surface area contributed by atoms with Crippen molar-refractivity contribution in [2.24, 2.45) is 0 Å². The van der Waals surface area contributed by atoms with Crippen LogP contribution in [0.3, 0.4) is 0 Å². The first-order chi connectivity index (χ1) is 12.5. The molecular formula is C19H28N2O5. The van der Waals surface area contributed by atoms with Gasteiger partial charge in [0, 0.05) is 26.6 Å². The fourth-order valence-electron chi connectivity index (χ4n) is 2.38. The average molecular weight is 364 g/mol. The summed E-state index contributed by atoms with van der Waals surface area (Å²) < 4.78 is 10.0. The fraction of sp³-hybridized carbons (Fsp3) is 0.526. The lowest BCUT2D eigenvalue weighted by atomic mass is 10.1. The first-order valence-corrected chi connectivity index (χ1v) is 8.77. The molecule has 0 aliphatic carbocycles. The number of ether oxygens (including phenoxy) is 2. The summed E-state index contributed by atoms with van der Waals surface area (Å²) in [5.41, 5.74) is 0.874. The Hall–Kier alpha value is -2.57. The summed E-state index contributed by atoms with van der Waals surface area (Å²) in [4.78, 5) is 36.8. The molecule has 0 aliphatic heterocycles. The molecule has 1 N–H and O–H groups in total. The summed E-state index contributed by atoms with van der Waals surface area (Å²) >= 11 is 0. The van der Waals surface area contributed by atoms with Gasteiger partial charge in [-0.15, -0.1) is 0 Å². The van der Waals surface area contributed by atoms with Crippen molar-refractivity contribution in [3.05, 3.63) is 29.8 Å². The quantitative estimate of drug-likeness (QED) is 0.476. The first kappa shape index (κ1) is 21.5. The predicted molar refractivity (Wildman–Crippen MR) is 97.8 cm³/mol. The van der Waals surface area contributed by atoms with Crippen molar-refractivity contribution in [2.45, 2.75) is 33.1 Å². The Labute approximate surface area is 154 Å². The van der Waals surface area contributed by atoms with E-state index in [1.807, 2.05) is 24.3 Å². The van der Waals surface area contributed by atoms with Gasteiger partial charge in [0.2, 0.25) is 11.8 Å². The zero-order valence-corrected chi connectivity index (χ0v) is 15.7. The van der Waals surface area contributed by atoms with E-state index in [-0.39, 0.29) is 30.6 Å². The Morgan fingerprint density at radius 1 is 1.12 bits per heavy atom. The monoisotopic (exact) mass is 364 g/mol. The molecule has 0 saturated carbocycles. The molecule has 1 aromatic carbocycles. The molecule has 0 radical (unpaired) electrons. The molecule has 0 unspecified atom stereocenters. The predicted octanol–water partition coefficient (Wildman–Crippen LogP) is 1.55. The van der Waals surface area contributed by atoms with Gasteiger partial charge >= 0.3 is 5.97 Å². The zero-order valence-electron chi connectivity index (χ0n) is 15.7. The molecule has 0 heterocycles. The Morgan fingerprint density at radius 3 is 2.38 bits per heavy atom.